The predicted octanol–water partition coefficient (Wildman–Crippen LogP) is 7.74. The van der Waals surface area contributed by atoms with Crippen LogP contribution in [0.1, 0.15) is 5.69 Å². The molecule has 3 heterocycles. The van der Waals surface area contributed by atoms with Gasteiger partial charge in [0.1, 0.15) is 11.5 Å². The van der Waals surface area contributed by atoms with E-state index in [2.05, 4.69) is 20.2 Å². The second-order valence-electron chi connectivity index (χ2n) is 7.46. The number of halogens is 7. The molecule has 0 amide bonds. The fraction of sp³-hybridized carbons (Fsp3) is 0.0909. The number of anilines is 2. The van der Waals surface area contributed by atoms with Crippen molar-refractivity contribution in [2.45, 2.75) is 6.18 Å². The lowest BCUT2D eigenvalue weighted by molar-refractivity contribution is -0.141. The normalized spacial score (nSPS) is 12.0. The molecule has 0 radical (unpaired) electrons. The molecule has 2 aromatic carbocycles. The molecule has 0 atom stereocenters. The fourth-order valence-corrected chi connectivity index (χ4v) is 4.53. The van der Waals surface area contributed by atoms with Gasteiger partial charge in [0.05, 0.1) is 26.0 Å². The van der Waals surface area contributed by atoms with Crippen LogP contribution in [-0.2, 0) is 6.18 Å². The fourth-order valence-electron chi connectivity index (χ4n) is 3.65. The van der Waals surface area contributed by atoms with E-state index in [1.165, 1.54) is 16.7 Å². The highest BCUT2D eigenvalue weighted by molar-refractivity contribution is 6.51. The Bertz CT molecular complexity index is 1600. The first-order valence-corrected chi connectivity index (χ1v) is 11.3. The zero-order chi connectivity index (χ0) is 25.1. The minimum atomic E-state index is -4.51. The number of hydrogen-bond acceptors (Lipinski definition) is 5. The molecule has 5 rings (SSSR count). The van der Waals surface area contributed by atoms with Gasteiger partial charge in [0.25, 0.3) is 5.78 Å². The third-order valence-electron chi connectivity index (χ3n) is 5.36. The van der Waals surface area contributed by atoms with E-state index in [1.807, 2.05) is 0 Å². The molecule has 35 heavy (non-hydrogen) atoms. The largest absolute Gasteiger partial charge is 0.433 e. The summed E-state index contributed by atoms with van der Waals surface area (Å²) in [5, 5.41) is 8.92. The van der Waals surface area contributed by atoms with Crippen LogP contribution in [0.5, 0.6) is 0 Å². The minimum Gasteiger partial charge on any atom is -0.329 e. The Kier molecular flexibility index (Phi) is 5.91. The number of nitrogens with zero attached hydrogens (tertiary/aromatic N) is 6. The Morgan fingerprint density at radius 2 is 1.69 bits per heavy atom. The number of aromatic nitrogens is 5. The molecule has 0 saturated carbocycles. The van der Waals surface area contributed by atoms with Crippen LogP contribution in [0.3, 0.4) is 0 Å². The van der Waals surface area contributed by atoms with E-state index in [1.54, 1.807) is 42.3 Å². The van der Waals surface area contributed by atoms with Crippen molar-refractivity contribution < 1.29 is 13.2 Å². The first kappa shape index (κ1) is 23.9. The zero-order valence-electron chi connectivity index (χ0n) is 17.4. The van der Waals surface area contributed by atoms with Gasteiger partial charge in [-0.05, 0) is 41.4 Å². The summed E-state index contributed by atoms with van der Waals surface area (Å²) in [6.07, 6.45) is -3.33. The zero-order valence-corrected chi connectivity index (χ0v) is 20.5. The van der Waals surface area contributed by atoms with E-state index in [-0.39, 0.29) is 26.1 Å². The average molecular weight is 558 g/mol. The number of benzene rings is 2. The van der Waals surface area contributed by atoms with E-state index in [9.17, 15) is 13.2 Å². The molecule has 178 valence electrons. The van der Waals surface area contributed by atoms with Crippen LogP contribution < -0.4 is 4.90 Å². The molecule has 0 fully saturated rings. The van der Waals surface area contributed by atoms with Crippen molar-refractivity contribution in [3.8, 4) is 11.1 Å². The van der Waals surface area contributed by atoms with E-state index in [4.69, 9.17) is 46.4 Å². The summed E-state index contributed by atoms with van der Waals surface area (Å²) in [6.45, 7) is 0. The molecule has 3 aromatic heterocycles. The highest BCUT2D eigenvalue weighted by atomic mass is 35.5. The van der Waals surface area contributed by atoms with Gasteiger partial charge in [0.2, 0.25) is 5.28 Å². The molecule has 6 nitrogen and oxygen atoms in total. The van der Waals surface area contributed by atoms with Crippen LogP contribution in [0.25, 0.3) is 27.8 Å². The van der Waals surface area contributed by atoms with Gasteiger partial charge in [0.15, 0.2) is 0 Å². The topological polar surface area (TPSA) is 59.2 Å². The Balaban J connectivity index is 1.66. The van der Waals surface area contributed by atoms with Crippen LogP contribution in [0.4, 0.5) is 24.7 Å². The number of rotatable bonds is 3. The van der Waals surface area contributed by atoms with Crippen molar-refractivity contribution in [1.29, 1.82) is 0 Å². The Labute approximate surface area is 215 Å². The van der Waals surface area contributed by atoms with Crippen molar-refractivity contribution in [2.75, 3.05) is 11.9 Å². The van der Waals surface area contributed by atoms with E-state index < -0.39 is 11.9 Å². The Hall–Kier alpha value is -2.85. The van der Waals surface area contributed by atoms with Gasteiger partial charge in [-0.1, -0.05) is 53.0 Å². The Morgan fingerprint density at radius 1 is 0.914 bits per heavy atom. The molecule has 0 saturated heterocycles. The SMILES string of the molecule is CN(c1cccc(-c2ccc(C(F)(F)F)nc2)c1)c1nc2nnc(Cl)n2c2cc(Cl)c(Cl)c(Cl)c12. The van der Waals surface area contributed by atoms with Crippen LogP contribution in [0.2, 0.25) is 20.4 Å². The van der Waals surface area contributed by atoms with Crippen LogP contribution >= 0.6 is 46.4 Å². The van der Waals surface area contributed by atoms with Gasteiger partial charge in [-0.25, -0.2) is 4.40 Å². The third kappa shape index (κ3) is 4.12. The van der Waals surface area contributed by atoms with Crippen LogP contribution in [0.15, 0.2) is 48.7 Å². The van der Waals surface area contributed by atoms with Crippen molar-refractivity contribution in [2.24, 2.45) is 0 Å². The van der Waals surface area contributed by atoms with Gasteiger partial charge < -0.3 is 4.90 Å². The summed E-state index contributed by atoms with van der Waals surface area (Å²) in [5.41, 5.74) is 1.36. The van der Waals surface area contributed by atoms with Crippen molar-refractivity contribution in [1.82, 2.24) is 24.6 Å². The lowest BCUT2D eigenvalue weighted by atomic mass is 10.1. The maximum atomic E-state index is 12.9. The molecule has 0 unspecified atom stereocenters. The summed E-state index contributed by atoms with van der Waals surface area (Å²) in [4.78, 5) is 9.86. The molecule has 0 N–H and O–H groups in total. The lowest BCUT2D eigenvalue weighted by Gasteiger charge is -2.22. The molecule has 0 aliphatic rings. The van der Waals surface area contributed by atoms with Gasteiger partial charge >= 0.3 is 6.18 Å². The minimum absolute atomic E-state index is 0.0676. The number of hydrogen-bond donors (Lipinski definition) is 0. The van der Waals surface area contributed by atoms with Gasteiger partial charge in [-0.3, -0.25) is 4.98 Å². The third-order valence-corrected chi connectivity index (χ3v) is 6.86. The summed E-state index contributed by atoms with van der Waals surface area (Å²) < 4.78 is 40.1. The molecule has 5 aromatic rings. The molecule has 0 aliphatic heterocycles. The predicted molar refractivity (Wildman–Crippen MR) is 131 cm³/mol. The van der Waals surface area contributed by atoms with Crippen molar-refractivity contribution in [3.63, 3.8) is 0 Å². The average Bonchev–Trinajstić information content (AvgIpc) is 3.22. The maximum Gasteiger partial charge on any atom is 0.433 e. The molecule has 0 bridgehead atoms. The maximum absolute atomic E-state index is 12.9. The van der Waals surface area contributed by atoms with E-state index in [0.717, 1.165) is 6.07 Å². The van der Waals surface area contributed by atoms with Gasteiger partial charge in [-0.2, -0.15) is 18.2 Å². The standard InChI is InChI=1S/C22H11Cl4F3N6/c1-34(12-4-2-3-10(7-12)11-5-6-15(30-9-11)22(27,28)29)19-16-14(8-13(23)17(24)18(16)25)35-20(26)32-33-21(35)31-19/h2-9H,1H3. The number of fused-ring (bicyclic) bond motifs is 3. The summed E-state index contributed by atoms with van der Waals surface area (Å²) in [7, 11) is 1.75. The second-order valence-corrected chi connectivity index (χ2v) is 8.96. The molecule has 13 heteroatoms. The first-order chi connectivity index (χ1) is 16.6. The van der Waals surface area contributed by atoms with Crippen LogP contribution in [-0.4, -0.2) is 31.6 Å². The molecular weight excluding hydrogens is 547 g/mol. The second kappa shape index (κ2) is 8.67. The van der Waals surface area contributed by atoms with Crippen LogP contribution in [0, 0.1) is 0 Å². The monoisotopic (exact) mass is 556 g/mol. The van der Waals surface area contributed by atoms with Gasteiger partial charge in [-0.15, -0.1) is 10.2 Å². The van der Waals surface area contributed by atoms with E-state index in [0.29, 0.717) is 33.5 Å². The quantitative estimate of drug-likeness (QED) is 0.212. The molecular formula is C22H11Cl4F3N6. The lowest BCUT2D eigenvalue weighted by Crippen LogP contribution is -2.13. The summed E-state index contributed by atoms with van der Waals surface area (Å²) in [5.74, 6) is 0.602. The number of pyridine rings is 1. The van der Waals surface area contributed by atoms with Crippen molar-refractivity contribution >= 4 is 74.6 Å². The number of alkyl halides is 3. The van der Waals surface area contributed by atoms with Crippen molar-refractivity contribution in [3.05, 3.63) is 74.7 Å². The first-order valence-electron chi connectivity index (χ1n) is 9.81. The Morgan fingerprint density at radius 3 is 2.37 bits per heavy atom. The molecule has 0 aliphatic carbocycles. The summed E-state index contributed by atoms with van der Waals surface area (Å²) >= 11 is 25.4. The molecule has 0 spiro atoms. The highest BCUT2D eigenvalue weighted by Crippen LogP contribution is 2.42. The summed E-state index contributed by atoms with van der Waals surface area (Å²) in [6, 6.07) is 11.0. The van der Waals surface area contributed by atoms with Gasteiger partial charge in [0, 0.05) is 24.5 Å². The smallest absolute Gasteiger partial charge is 0.329 e. The van der Waals surface area contributed by atoms with E-state index >= 15 is 0 Å². The highest BCUT2D eigenvalue weighted by Gasteiger charge is 2.32.